The molecule has 2 fully saturated rings. The summed E-state index contributed by atoms with van der Waals surface area (Å²) in [6.45, 7) is 10.9. The van der Waals surface area contributed by atoms with Crippen LogP contribution >= 0.6 is 0 Å². The fraction of sp³-hybridized carbons (Fsp3) is 0.933. The van der Waals surface area contributed by atoms with Gasteiger partial charge in [0.1, 0.15) is 0 Å². The number of rotatable bonds is 6. The van der Waals surface area contributed by atoms with Crippen molar-refractivity contribution in [1.82, 2.24) is 14.7 Å². The fourth-order valence-corrected chi connectivity index (χ4v) is 3.06. The van der Waals surface area contributed by atoms with Crippen LogP contribution in [-0.2, 0) is 9.53 Å². The van der Waals surface area contributed by atoms with Gasteiger partial charge in [-0.3, -0.25) is 9.69 Å². The maximum atomic E-state index is 12.5. The summed E-state index contributed by atoms with van der Waals surface area (Å²) in [6, 6.07) is -0.00529. The third-order valence-corrected chi connectivity index (χ3v) is 4.56. The monoisotopic (exact) mass is 298 g/mol. The number of amides is 1. The molecule has 21 heavy (non-hydrogen) atoms. The maximum Gasteiger partial charge on any atom is 0.239 e. The summed E-state index contributed by atoms with van der Waals surface area (Å²) in [4.78, 5) is 19.2. The number of carbonyl (C=O) groups excluding carboxylic acids is 1. The van der Waals surface area contributed by atoms with E-state index in [1.807, 2.05) is 11.8 Å². The zero-order valence-electron chi connectivity index (χ0n) is 13.3. The Morgan fingerprint density at radius 2 is 1.76 bits per heavy atom. The second kappa shape index (κ2) is 8.68. The molecule has 2 saturated heterocycles. The van der Waals surface area contributed by atoms with Gasteiger partial charge in [0.15, 0.2) is 0 Å². The van der Waals surface area contributed by atoms with Crippen molar-refractivity contribution >= 4 is 5.91 Å². The summed E-state index contributed by atoms with van der Waals surface area (Å²) < 4.78 is 5.31. The summed E-state index contributed by atoms with van der Waals surface area (Å²) >= 11 is 0. The van der Waals surface area contributed by atoms with E-state index < -0.39 is 0 Å². The summed E-state index contributed by atoms with van der Waals surface area (Å²) in [7, 11) is 0. The van der Waals surface area contributed by atoms with E-state index in [-0.39, 0.29) is 11.9 Å². The maximum absolute atomic E-state index is 12.5. The lowest BCUT2D eigenvalue weighted by atomic mass is 10.2. The van der Waals surface area contributed by atoms with E-state index in [0.29, 0.717) is 13.2 Å². The minimum Gasteiger partial charge on any atom is -0.378 e. The van der Waals surface area contributed by atoms with Crippen molar-refractivity contribution in [3.63, 3.8) is 0 Å². The largest absolute Gasteiger partial charge is 0.378 e. The van der Waals surface area contributed by atoms with Crippen molar-refractivity contribution in [2.45, 2.75) is 25.8 Å². The van der Waals surface area contributed by atoms with E-state index in [1.165, 1.54) is 6.42 Å². The Morgan fingerprint density at radius 1 is 1.10 bits per heavy atom. The molecule has 2 aliphatic rings. The van der Waals surface area contributed by atoms with Crippen LogP contribution < -0.4 is 5.73 Å². The van der Waals surface area contributed by atoms with Crippen molar-refractivity contribution in [3.05, 3.63) is 0 Å². The molecule has 2 N–H and O–H groups in total. The van der Waals surface area contributed by atoms with Gasteiger partial charge < -0.3 is 20.3 Å². The zero-order valence-corrected chi connectivity index (χ0v) is 13.3. The van der Waals surface area contributed by atoms with Crippen LogP contribution in [0.2, 0.25) is 0 Å². The number of morpholine rings is 1. The molecule has 1 atom stereocenters. The van der Waals surface area contributed by atoms with E-state index in [4.69, 9.17) is 10.5 Å². The second-order valence-corrected chi connectivity index (χ2v) is 5.99. The number of piperazine rings is 1. The molecular formula is C15H30N4O2. The van der Waals surface area contributed by atoms with Crippen LogP contribution in [0, 0.1) is 0 Å². The molecule has 0 aromatic heterocycles. The molecule has 0 saturated carbocycles. The standard InChI is InChI=1S/C15H30N4O2/c1-14(15(20)19-10-12-21-13-11-19)18-8-6-17(7-9-18)5-3-2-4-16/h14H,2-13,16H2,1H3. The Morgan fingerprint density at radius 3 is 2.38 bits per heavy atom. The lowest BCUT2D eigenvalue weighted by Crippen LogP contribution is -2.55. The molecule has 0 bridgehead atoms. The topological polar surface area (TPSA) is 62.0 Å². The zero-order chi connectivity index (χ0) is 15.1. The molecule has 6 nitrogen and oxygen atoms in total. The van der Waals surface area contributed by atoms with E-state index in [2.05, 4.69) is 9.80 Å². The molecule has 0 aromatic carbocycles. The van der Waals surface area contributed by atoms with Gasteiger partial charge in [0.2, 0.25) is 5.91 Å². The normalized spacial score (nSPS) is 23.2. The van der Waals surface area contributed by atoms with Crippen LogP contribution in [0.25, 0.3) is 0 Å². The molecular weight excluding hydrogens is 268 g/mol. The average Bonchev–Trinajstić information content (AvgIpc) is 2.55. The number of hydrogen-bond acceptors (Lipinski definition) is 5. The van der Waals surface area contributed by atoms with Gasteiger partial charge in [0.25, 0.3) is 0 Å². The van der Waals surface area contributed by atoms with Crippen LogP contribution in [0.15, 0.2) is 0 Å². The fourth-order valence-electron chi connectivity index (χ4n) is 3.06. The molecule has 2 aliphatic heterocycles. The molecule has 1 amide bonds. The first-order valence-corrected chi connectivity index (χ1v) is 8.25. The van der Waals surface area contributed by atoms with Crippen LogP contribution in [-0.4, -0.2) is 92.2 Å². The van der Waals surface area contributed by atoms with Gasteiger partial charge in [0, 0.05) is 39.3 Å². The number of ether oxygens (including phenoxy) is 1. The summed E-state index contributed by atoms with van der Waals surface area (Å²) in [6.07, 6.45) is 2.28. The third kappa shape index (κ3) is 4.92. The van der Waals surface area contributed by atoms with Gasteiger partial charge in [-0.1, -0.05) is 0 Å². The first-order chi connectivity index (χ1) is 10.2. The summed E-state index contributed by atoms with van der Waals surface area (Å²) in [5.74, 6) is 0.259. The SMILES string of the molecule is CC(C(=O)N1CCOCC1)N1CCN(CCCCN)CC1. The van der Waals surface area contributed by atoms with Crippen LogP contribution in [0.1, 0.15) is 19.8 Å². The lowest BCUT2D eigenvalue weighted by molar-refractivity contribution is -0.141. The highest BCUT2D eigenvalue weighted by Gasteiger charge is 2.29. The Kier molecular flexibility index (Phi) is 6.89. The van der Waals surface area contributed by atoms with Crippen molar-refractivity contribution in [1.29, 1.82) is 0 Å². The molecule has 1 unspecified atom stereocenters. The molecule has 6 heteroatoms. The van der Waals surface area contributed by atoms with E-state index in [9.17, 15) is 4.79 Å². The van der Waals surface area contributed by atoms with Crippen LogP contribution in [0.3, 0.4) is 0 Å². The predicted molar refractivity (Wildman–Crippen MR) is 83.2 cm³/mol. The van der Waals surface area contributed by atoms with E-state index in [0.717, 1.165) is 58.8 Å². The van der Waals surface area contributed by atoms with Gasteiger partial charge in [-0.25, -0.2) is 0 Å². The molecule has 2 heterocycles. The number of unbranched alkanes of at least 4 members (excludes halogenated alkanes) is 1. The van der Waals surface area contributed by atoms with Gasteiger partial charge in [-0.2, -0.15) is 0 Å². The average molecular weight is 298 g/mol. The van der Waals surface area contributed by atoms with Crippen molar-refractivity contribution in [2.24, 2.45) is 5.73 Å². The van der Waals surface area contributed by atoms with Crippen molar-refractivity contribution in [2.75, 3.05) is 65.6 Å². The van der Waals surface area contributed by atoms with Gasteiger partial charge >= 0.3 is 0 Å². The first-order valence-electron chi connectivity index (χ1n) is 8.25. The van der Waals surface area contributed by atoms with Gasteiger partial charge in [-0.05, 0) is 32.9 Å². The molecule has 0 spiro atoms. The van der Waals surface area contributed by atoms with Crippen molar-refractivity contribution in [3.8, 4) is 0 Å². The predicted octanol–water partition coefficient (Wildman–Crippen LogP) is -0.410. The van der Waals surface area contributed by atoms with E-state index in [1.54, 1.807) is 0 Å². The summed E-state index contributed by atoms with van der Waals surface area (Å²) in [5.41, 5.74) is 5.53. The minimum atomic E-state index is -0.00529. The highest BCUT2D eigenvalue weighted by Crippen LogP contribution is 2.11. The summed E-state index contributed by atoms with van der Waals surface area (Å²) in [5, 5.41) is 0. The number of nitrogens with two attached hydrogens (primary N) is 1. The first kappa shape index (κ1) is 16.7. The molecule has 122 valence electrons. The second-order valence-electron chi connectivity index (χ2n) is 5.99. The highest BCUT2D eigenvalue weighted by molar-refractivity contribution is 5.81. The van der Waals surface area contributed by atoms with E-state index >= 15 is 0 Å². The number of carbonyl (C=O) groups is 1. The number of hydrogen-bond donors (Lipinski definition) is 1. The number of nitrogens with zero attached hydrogens (tertiary/aromatic N) is 3. The van der Waals surface area contributed by atoms with Gasteiger partial charge in [0.05, 0.1) is 19.3 Å². The van der Waals surface area contributed by atoms with Crippen LogP contribution in [0.4, 0.5) is 0 Å². The molecule has 0 aromatic rings. The molecule has 2 rings (SSSR count). The quantitative estimate of drug-likeness (QED) is 0.676. The minimum absolute atomic E-state index is 0.00529. The Labute approximate surface area is 128 Å². The Hall–Kier alpha value is -0.690. The van der Waals surface area contributed by atoms with Crippen molar-refractivity contribution < 1.29 is 9.53 Å². The lowest BCUT2D eigenvalue weighted by Gasteiger charge is -2.39. The van der Waals surface area contributed by atoms with Crippen LogP contribution in [0.5, 0.6) is 0 Å². The smallest absolute Gasteiger partial charge is 0.239 e. The highest BCUT2D eigenvalue weighted by atomic mass is 16.5. The molecule has 0 radical (unpaired) electrons. The Balaban J connectivity index is 1.71. The third-order valence-electron chi connectivity index (χ3n) is 4.56. The van der Waals surface area contributed by atoms with Gasteiger partial charge in [-0.15, -0.1) is 0 Å². The Bertz CT molecular complexity index is 313. The molecule has 0 aliphatic carbocycles.